The van der Waals surface area contributed by atoms with E-state index in [1.54, 1.807) is 12.1 Å². The second-order valence-electron chi connectivity index (χ2n) is 5.11. The van der Waals surface area contributed by atoms with Crippen molar-refractivity contribution >= 4 is 40.4 Å². The van der Waals surface area contributed by atoms with Gasteiger partial charge in [0.25, 0.3) is 0 Å². The SMILES string of the molecule is Cc1ccc(C)c2c(C=O)c(-c3ccc(Cl)c(Cl)c3)[nH]c12. The second-order valence-corrected chi connectivity index (χ2v) is 5.92. The van der Waals surface area contributed by atoms with Crippen LogP contribution in [-0.2, 0) is 0 Å². The molecule has 106 valence electrons. The quantitative estimate of drug-likeness (QED) is 0.616. The highest BCUT2D eigenvalue weighted by Gasteiger charge is 2.16. The van der Waals surface area contributed by atoms with E-state index in [9.17, 15) is 4.79 Å². The number of aromatic amines is 1. The summed E-state index contributed by atoms with van der Waals surface area (Å²) in [4.78, 5) is 15.0. The predicted octanol–water partition coefficient (Wildman–Crippen LogP) is 5.57. The Balaban J connectivity index is 2.37. The first kappa shape index (κ1) is 14.2. The molecular formula is C17H13Cl2NO. The van der Waals surface area contributed by atoms with E-state index >= 15 is 0 Å². The minimum Gasteiger partial charge on any atom is -0.354 e. The molecule has 1 heterocycles. The van der Waals surface area contributed by atoms with E-state index in [0.29, 0.717) is 15.6 Å². The van der Waals surface area contributed by atoms with Crippen molar-refractivity contribution in [2.24, 2.45) is 0 Å². The number of aryl methyl sites for hydroxylation is 2. The summed E-state index contributed by atoms with van der Waals surface area (Å²) in [5.74, 6) is 0. The van der Waals surface area contributed by atoms with E-state index in [2.05, 4.69) is 4.98 Å². The van der Waals surface area contributed by atoms with Gasteiger partial charge in [-0.15, -0.1) is 0 Å². The zero-order chi connectivity index (χ0) is 15.1. The summed E-state index contributed by atoms with van der Waals surface area (Å²) in [6.07, 6.45) is 0.892. The summed E-state index contributed by atoms with van der Waals surface area (Å²) in [5, 5.41) is 1.93. The molecule has 1 aromatic heterocycles. The van der Waals surface area contributed by atoms with Crippen LogP contribution in [0, 0.1) is 13.8 Å². The van der Waals surface area contributed by atoms with Crippen molar-refractivity contribution in [3.63, 3.8) is 0 Å². The number of aldehydes is 1. The number of hydrogen-bond acceptors (Lipinski definition) is 1. The molecule has 0 unspecified atom stereocenters. The number of aromatic nitrogens is 1. The monoisotopic (exact) mass is 317 g/mol. The molecule has 0 saturated carbocycles. The molecule has 4 heteroatoms. The van der Waals surface area contributed by atoms with Gasteiger partial charge in [0.1, 0.15) is 0 Å². The maximum atomic E-state index is 11.6. The molecule has 0 aliphatic heterocycles. The Hall–Kier alpha value is -1.77. The summed E-state index contributed by atoms with van der Waals surface area (Å²) in [6, 6.07) is 9.43. The van der Waals surface area contributed by atoms with Crippen molar-refractivity contribution in [2.45, 2.75) is 13.8 Å². The fourth-order valence-electron chi connectivity index (χ4n) is 2.63. The molecule has 3 rings (SSSR count). The van der Waals surface area contributed by atoms with Crippen LogP contribution < -0.4 is 0 Å². The van der Waals surface area contributed by atoms with Crippen LogP contribution >= 0.6 is 23.2 Å². The van der Waals surface area contributed by atoms with E-state index in [4.69, 9.17) is 23.2 Å². The van der Waals surface area contributed by atoms with Gasteiger partial charge in [-0.1, -0.05) is 41.4 Å². The molecule has 0 aliphatic rings. The summed E-state index contributed by atoms with van der Waals surface area (Å²) in [6.45, 7) is 4.02. The number of carbonyl (C=O) groups excluding carboxylic acids is 1. The average Bonchev–Trinajstić information content (AvgIpc) is 2.86. The van der Waals surface area contributed by atoms with Crippen LogP contribution in [0.15, 0.2) is 30.3 Å². The summed E-state index contributed by atoms with van der Waals surface area (Å²) < 4.78 is 0. The number of benzene rings is 2. The molecule has 1 N–H and O–H groups in total. The Kier molecular flexibility index (Phi) is 3.52. The van der Waals surface area contributed by atoms with Crippen LogP contribution in [0.1, 0.15) is 21.5 Å². The van der Waals surface area contributed by atoms with Gasteiger partial charge >= 0.3 is 0 Å². The third-order valence-electron chi connectivity index (χ3n) is 3.74. The van der Waals surface area contributed by atoms with E-state index < -0.39 is 0 Å². The lowest BCUT2D eigenvalue weighted by molar-refractivity contribution is 0.112. The summed E-state index contributed by atoms with van der Waals surface area (Å²) in [7, 11) is 0. The van der Waals surface area contributed by atoms with E-state index in [0.717, 1.165) is 39.6 Å². The molecule has 0 radical (unpaired) electrons. The molecule has 0 fully saturated rings. The molecule has 0 bridgehead atoms. The molecular weight excluding hydrogens is 305 g/mol. The summed E-state index contributed by atoms with van der Waals surface area (Å²) in [5.41, 5.74) is 5.44. The van der Waals surface area contributed by atoms with Gasteiger partial charge in [-0.05, 0) is 37.1 Å². The second kappa shape index (κ2) is 5.21. The lowest BCUT2D eigenvalue weighted by atomic mass is 10.0. The van der Waals surface area contributed by atoms with Crippen molar-refractivity contribution in [3.8, 4) is 11.3 Å². The first-order chi connectivity index (χ1) is 10.0. The first-order valence-corrected chi connectivity index (χ1v) is 7.31. The van der Waals surface area contributed by atoms with E-state index in [1.165, 1.54) is 0 Å². The summed E-state index contributed by atoms with van der Waals surface area (Å²) >= 11 is 12.0. The number of carbonyl (C=O) groups is 1. The minimum atomic E-state index is 0.470. The lowest BCUT2D eigenvalue weighted by Crippen LogP contribution is -1.86. The number of H-pyrrole nitrogens is 1. The van der Waals surface area contributed by atoms with Crippen LogP contribution in [-0.4, -0.2) is 11.3 Å². The van der Waals surface area contributed by atoms with Gasteiger partial charge in [0.15, 0.2) is 6.29 Å². The van der Waals surface area contributed by atoms with E-state index in [1.807, 2.05) is 32.0 Å². The molecule has 3 aromatic rings. The number of halogens is 2. The van der Waals surface area contributed by atoms with Crippen molar-refractivity contribution in [2.75, 3.05) is 0 Å². The van der Waals surface area contributed by atoms with Crippen LogP contribution in [0.2, 0.25) is 10.0 Å². The molecule has 2 aromatic carbocycles. The highest BCUT2D eigenvalue weighted by molar-refractivity contribution is 6.42. The Morgan fingerprint density at radius 1 is 1.00 bits per heavy atom. The van der Waals surface area contributed by atoms with Crippen molar-refractivity contribution in [1.29, 1.82) is 0 Å². The van der Waals surface area contributed by atoms with E-state index in [-0.39, 0.29) is 0 Å². The van der Waals surface area contributed by atoms with Crippen molar-refractivity contribution in [1.82, 2.24) is 4.98 Å². The van der Waals surface area contributed by atoms with Gasteiger partial charge in [0, 0.05) is 22.0 Å². The largest absolute Gasteiger partial charge is 0.354 e. The molecule has 0 amide bonds. The van der Waals surface area contributed by atoms with Gasteiger partial charge in [0.05, 0.1) is 15.7 Å². The molecule has 2 nitrogen and oxygen atoms in total. The highest BCUT2D eigenvalue weighted by atomic mass is 35.5. The van der Waals surface area contributed by atoms with Crippen LogP contribution in [0.5, 0.6) is 0 Å². The molecule has 0 aliphatic carbocycles. The maximum Gasteiger partial charge on any atom is 0.152 e. The Labute approximate surface area is 132 Å². The zero-order valence-electron chi connectivity index (χ0n) is 11.6. The van der Waals surface area contributed by atoms with Gasteiger partial charge in [-0.3, -0.25) is 4.79 Å². The standard InChI is InChI=1S/C17H13Cl2NO/c1-9-3-4-10(2)16-15(9)12(8-21)17(20-16)11-5-6-13(18)14(19)7-11/h3-8,20H,1-2H3. The highest BCUT2D eigenvalue weighted by Crippen LogP contribution is 2.35. The third kappa shape index (κ3) is 2.25. The molecule has 0 spiro atoms. The predicted molar refractivity (Wildman–Crippen MR) is 88.6 cm³/mol. The third-order valence-corrected chi connectivity index (χ3v) is 4.48. The van der Waals surface area contributed by atoms with Gasteiger partial charge < -0.3 is 4.98 Å². The Bertz CT molecular complexity index is 865. The Morgan fingerprint density at radius 3 is 2.38 bits per heavy atom. The smallest absolute Gasteiger partial charge is 0.152 e. The topological polar surface area (TPSA) is 32.9 Å². The maximum absolute atomic E-state index is 11.6. The fraction of sp³-hybridized carbons (Fsp3) is 0.118. The molecule has 21 heavy (non-hydrogen) atoms. The minimum absolute atomic E-state index is 0.470. The fourth-order valence-corrected chi connectivity index (χ4v) is 2.93. The average molecular weight is 318 g/mol. The van der Waals surface area contributed by atoms with Crippen molar-refractivity contribution < 1.29 is 4.79 Å². The first-order valence-electron chi connectivity index (χ1n) is 6.55. The normalized spacial score (nSPS) is 11.0. The number of rotatable bonds is 2. The molecule has 0 atom stereocenters. The van der Waals surface area contributed by atoms with Crippen LogP contribution in [0.4, 0.5) is 0 Å². The van der Waals surface area contributed by atoms with Gasteiger partial charge in [-0.25, -0.2) is 0 Å². The van der Waals surface area contributed by atoms with Crippen LogP contribution in [0.25, 0.3) is 22.2 Å². The van der Waals surface area contributed by atoms with Gasteiger partial charge in [-0.2, -0.15) is 0 Å². The number of fused-ring (bicyclic) bond motifs is 1. The number of nitrogens with one attached hydrogen (secondary N) is 1. The zero-order valence-corrected chi connectivity index (χ0v) is 13.1. The van der Waals surface area contributed by atoms with Gasteiger partial charge in [0.2, 0.25) is 0 Å². The Morgan fingerprint density at radius 2 is 1.71 bits per heavy atom. The van der Waals surface area contributed by atoms with Crippen molar-refractivity contribution in [3.05, 3.63) is 57.1 Å². The van der Waals surface area contributed by atoms with Crippen LogP contribution in [0.3, 0.4) is 0 Å². The number of hydrogen-bond donors (Lipinski definition) is 1. The lowest BCUT2D eigenvalue weighted by Gasteiger charge is -2.02. The molecule has 0 saturated heterocycles.